The lowest BCUT2D eigenvalue weighted by atomic mass is 9.92. The molecule has 2 atom stereocenters. The second-order valence-electron chi connectivity index (χ2n) is 8.50. The number of nitrogens with zero attached hydrogens (tertiary/aromatic N) is 2. The van der Waals surface area contributed by atoms with Crippen molar-refractivity contribution in [3.8, 4) is 0 Å². The molecule has 0 radical (unpaired) electrons. The van der Waals surface area contributed by atoms with E-state index in [-0.39, 0.29) is 6.09 Å². The SMILES string of the molecule is CC.CC.CC(C)(C)OC(=O)N1CCC2CN(c3cccc4c3CCN4)CCC21. The van der Waals surface area contributed by atoms with Crippen molar-refractivity contribution in [2.24, 2.45) is 5.92 Å². The molecule has 0 aliphatic carbocycles. The van der Waals surface area contributed by atoms with Crippen molar-refractivity contribution in [2.75, 3.05) is 36.4 Å². The first-order valence-corrected chi connectivity index (χ1v) is 11.5. The van der Waals surface area contributed by atoms with Gasteiger partial charge in [0.2, 0.25) is 0 Å². The molecule has 2 fully saturated rings. The molecule has 1 amide bonds. The molecular formula is C24H41N3O2. The monoisotopic (exact) mass is 403 g/mol. The van der Waals surface area contributed by atoms with Crippen LogP contribution in [0.5, 0.6) is 0 Å². The number of likely N-dealkylation sites (tertiary alicyclic amines) is 1. The lowest BCUT2D eigenvalue weighted by Gasteiger charge is -2.40. The maximum Gasteiger partial charge on any atom is 0.410 e. The Kier molecular flexibility index (Phi) is 8.23. The number of hydrogen-bond acceptors (Lipinski definition) is 4. The molecule has 2 unspecified atom stereocenters. The van der Waals surface area contributed by atoms with Crippen molar-refractivity contribution in [1.82, 2.24) is 4.90 Å². The van der Waals surface area contributed by atoms with Gasteiger partial charge in [0.05, 0.1) is 0 Å². The molecule has 1 aromatic rings. The van der Waals surface area contributed by atoms with E-state index in [1.165, 1.54) is 16.9 Å². The fourth-order valence-corrected chi connectivity index (χ4v) is 4.57. The molecule has 164 valence electrons. The number of ether oxygens (including phenoxy) is 1. The molecule has 0 aromatic heterocycles. The van der Waals surface area contributed by atoms with Gasteiger partial charge in [-0.2, -0.15) is 0 Å². The minimum atomic E-state index is -0.423. The highest BCUT2D eigenvalue weighted by molar-refractivity contribution is 5.71. The van der Waals surface area contributed by atoms with Crippen LogP contribution in [0.1, 0.15) is 66.9 Å². The zero-order valence-corrected chi connectivity index (χ0v) is 19.5. The summed E-state index contributed by atoms with van der Waals surface area (Å²) < 4.78 is 5.61. The highest BCUT2D eigenvalue weighted by atomic mass is 16.6. The molecule has 3 aliphatic heterocycles. The number of nitrogens with one attached hydrogen (secondary N) is 1. The molecule has 4 rings (SSSR count). The van der Waals surface area contributed by atoms with E-state index in [1.807, 2.05) is 53.4 Å². The number of anilines is 2. The van der Waals surface area contributed by atoms with Gasteiger partial charge in [-0.15, -0.1) is 0 Å². The first kappa shape index (κ1) is 23.4. The predicted molar refractivity (Wildman–Crippen MR) is 123 cm³/mol. The average Bonchev–Trinajstić information content (AvgIpc) is 3.36. The summed E-state index contributed by atoms with van der Waals surface area (Å²) in [5.41, 5.74) is 3.72. The molecule has 5 nitrogen and oxygen atoms in total. The van der Waals surface area contributed by atoms with Crippen molar-refractivity contribution in [2.45, 2.75) is 79.4 Å². The third-order valence-electron chi connectivity index (χ3n) is 5.65. The molecule has 0 saturated carbocycles. The van der Waals surface area contributed by atoms with Crippen LogP contribution in [0.25, 0.3) is 0 Å². The molecule has 3 heterocycles. The van der Waals surface area contributed by atoms with Crippen molar-refractivity contribution >= 4 is 17.5 Å². The summed E-state index contributed by atoms with van der Waals surface area (Å²) in [4.78, 5) is 17.0. The fraction of sp³-hybridized carbons (Fsp3) is 0.708. The summed E-state index contributed by atoms with van der Waals surface area (Å²) >= 11 is 0. The Morgan fingerprint density at radius 1 is 1.10 bits per heavy atom. The maximum absolute atomic E-state index is 12.5. The number of rotatable bonds is 1. The lowest BCUT2D eigenvalue weighted by Crippen LogP contribution is -2.48. The first-order chi connectivity index (χ1) is 13.9. The van der Waals surface area contributed by atoms with E-state index < -0.39 is 5.60 Å². The van der Waals surface area contributed by atoms with E-state index in [0.717, 1.165) is 45.4 Å². The van der Waals surface area contributed by atoms with Crippen molar-refractivity contribution < 1.29 is 9.53 Å². The third-order valence-corrected chi connectivity index (χ3v) is 5.65. The standard InChI is InChI=1S/C20H29N3O2.2C2H6/c1-20(2,3)25-19(24)23-12-8-14-13-22(11-9-17(14)23)18-6-4-5-16-15(18)7-10-21-16;2*1-2/h4-6,14,17,21H,7-13H2,1-3H3;2*1-2H3. The average molecular weight is 404 g/mol. The van der Waals surface area contributed by atoms with Crippen LogP contribution in [0, 0.1) is 5.92 Å². The van der Waals surface area contributed by atoms with Gasteiger partial charge in [0, 0.05) is 49.2 Å². The highest BCUT2D eigenvalue weighted by Crippen LogP contribution is 2.38. The Balaban J connectivity index is 0.000000707. The number of carbonyl (C=O) groups excluding carboxylic acids is 1. The van der Waals surface area contributed by atoms with Crippen LogP contribution in [-0.4, -0.2) is 48.8 Å². The van der Waals surface area contributed by atoms with Gasteiger partial charge in [-0.25, -0.2) is 4.79 Å². The minimum Gasteiger partial charge on any atom is -0.444 e. The van der Waals surface area contributed by atoms with E-state index in [2.05, 4.69) is 28.4 Å². The Morgan fingerprint density at radius 2 is 1.83 bits per heavy atom. The molecule has 2 saturated heterocycles. The number of amides is 1. The molecule has 3 aliphatic rings. The van der Waals surface area contributed by atoms with Gasteiger partial charge in [-0.3, -0.25) is 0 Å². The number of hydrogen-bond donors (Lipinski definition) is 1. The summed E-state index contributed by atoms with van der Waals surface area (Å²) in [5, 5.41) is 3.47. The molecular weight excluding hydrogens is 362 g/mol. The van der Waals surface area contributed by atoms with E-state index in [0.29, 0.717) is 12.0 Å². The van der Waals surface area contributed by atoms with Crippen molar-refractivity contribution in [3.63, 3.8) is 0 Å². The van der Waals surface area contributed by atoms with E-state index >= 15 is 0 Å². The summed E-state index contributed by atoms with van der Waals surface area (Å²) in [7, 11) is 0. The van der Waals surface area contributed by atoms with Crippen LogP contribution in [0.15, 0.2) is 18.2 Å². The van der Waals surface area contributed by atoms with Crippen LogP contribution < -0.4 is 10.2 Å². The second kappa shape index (κ2) is 10.2. The van der Waals surface area contributed by atoms with Crippen LogP contribution in [-0.2, 0) is 11.2 Å². The fourth-order valence-electron chi connectivity index (χ4n) is 4.57. The van der Waals surface area contributed by atoms with Gasteiger partial charge >= 0.3 is 6.09 Å². The van der Waals surface area contributed by atoms with E-state index in [9.17, 15) is 4.79 Å². The topological polar surface area (TPSA) is 44.8 Å². The van der Waals surface area contributed by atoms with Crippen LogP contribution in [0.3, 0.4) is 0 Å². The van der Waals surface area contributed by atoms with Crippen LogP contribution in [0.2, 0.25) is 0 Å². The van der Waals surface area contributed by atoms with Gasteiger partial charge in [0.1, 0.15) is 5.60 Å². The normalized spacial score (nSPS) is 22.3. The highest BCUT2D eigenvalue weighted by Gasteiger charge is 2.42. The number of piperidine rings is 1. The summed E-state index contributed by atoms with van der Waals surface area (Å²) in [6.45, 7) is 17.7. The van der Waals surface area contributed by atoms with Gasteiger partial charge in [-0.1, -0.05) is 33.8 Å². The van der Waals surface area contributed by atoms with E-state index in [1.54, 1.807) is 0 Å². The molecule has 5 heteroatoms. The van der Waals surface area contributed by atoms with E-state index in [4.69, 9.17) is 4.74 Å². The molecule has 0 bridgehead atoms. The minimum absolute atomic E-state index is 0.141. The molecule has 0 spiro atoms. The molecule has 29 heavy (non-hydrogen) atoms. The Morgan fingerprint density at radius 3 is 2.52 bits per heavy atom. The Hall–Kier alpha value is -1.91. The third kappa shape index (κ3) is 5.37. The zero-order valence-electron chi connectivity index (χ0n) is 19.5. The second-order valence-corrected chi connectivity index (χ2v) is 8.50. The quantitative estimate of drug-likeness (QED) is 0.668. The number of benzene rings is 1. The van der Waals surface area contributed by atoms with Gasteiger partial charge in [0.15, 0.2) is 0 Å². The van der Waals surface area contributed by atoms with Crippen molar-refractivity contribution in [3.05, 3.63) is 23.8 Å². The molecule has 1 aromatic carbocycles. The first-order valence-electron chi connectivity index (χ1n) is 11.5. The smallest absolute Gasteiger partial charge is 0.410 e. The summed E-state index contributed by atoms with van der Waals surface area (Å²) in [6, 6.07) is 6.92. The maximum atomic E-state index is 12.5. The van der Waals surface area contributed by atoms with Gasteiger partial charge in [0.25, 0.3) is 0 Å². The van der Waals surface area contributed by atoms with Gasteiger partial charge < -0.3 is 19.9 Å². The van der Waals surface area contributed by atoms with Crippen LogP contribution in [0.4, 0.5) is 16.2 Å². The molecule has 1 N–H and O–H groups in total. The number of carbonyl (C=O) groups is 1. The zero-order chi connectivity index (χ0) is 21.6. The summed E-state index contributed by atoms with van der Waals surface area (Å²) in [5.74, 6) is 0.548. The predicted octanol–water partition coefficient (Wildman–Crippen LogP) is 5.54. The van der Waals surface area contributed by atoms with Crippen molar-refractivity contribution in [1.29, 1.82) is 0 Å². The number of fused-ring (bicyclic) bond motifs is 2. The van der Waals surface area contributed by atoms with Crippen LogP contribution >= 0.6 is 0 Å². The largest absolute Gasteiger partial charge is 0.444 e. The Bertz CT molecular complexity index is 669. The summed E-state index contributed by atoms with van der Waals surface area (Å²) in [6.07, 6.45) is 3.08. The van der Waals surface area contributed by atoms with Gasteiger partial charge in [-0.05, 0) is 58.1 Å². The Labute approximate surface area is 177 Å². The lowest BCUT2D eigenvalue weighted by molar-refractivity contribution is 0.0194.